The molecule has 1 atom stereocenters. The number of aromatic nitrogens is 2. The predicted octanol–water partition coefficient (Wildman–Crippen LogP) is 2.74. The lowest BCUT2D eigenvalue weighted by molar-refractivity contribution is -0.142. The first kappa shape index (κ1) is 25.4. The molecule has 1 amide bonds. The number of esters is 2. The maximum Gasteiger partial charge on any atom is 0.341 e. The van der Waals surface area contributed by atoms with Crippen molar-refractivity contribution in [2.24, 2.45) is 0 Å². The number of carbonyl (C=O) groups excluding carboxylic acids is 3. The zero-order valence-electron chi connectivity index (χ0n) is 19.1. The second-order valence-corrected chi connectivity index (χ2v) is 12.0. The van der Waals surface area contributed by atoms with Gasteiger partial charge in [0.15, 0.2) is 16.4 Å². The van der Waals surface area contributed by atoms with Crippen molar-refractivity contribution in [2.75, 3.05) is 30.5 Å². The smallest absolute Gasteiger partial charge is 0.341 e. The standard InChI is InChI=1S/C22H24ClN3O7S2/c1-12-14(20(23)26(25-12)13-8-9-35(30,31)11-13)6-7-18(28)33-10-17(27)24-21-19(22(29)32-2)15-4-3-5-16(15)34-21/h6-7,13H,3-5,8-11H2,1-2H3,(H,24,27)/b7-6+/t13-/m1/s1. The average Bonchev–Trinajstić information content (AvgIpc) is 3.54. The minimum atomic E-state index is -3.11. The van der Waals surface area contributed by atoms with Crippen molar-refractivity contribution in [3.8, 4) is 0 Å². The van der Waals surface area contributed by atoms with Crippen LogP contribution in [-0.4, -0.2) is 61.3 Å². The van der Waals surface area contributed by atoms with Crippen LogP contribution in [0.15, 0.2) is 6.08 Å². The number of fused-ring (bicyclic) bond motifs is 1. The van der Waals surface area contributed by atoms with Crippen LogP contribution < -0.4 is 5.32 Å². The molecule has 4 rings (SSSR count). The first-order chi connectivity index (χ1) is 16.6. The monoisotopic (exact) mass is 541 g/mol. The molecule has 0 radical (unpaired) electrons. The largest absolute Gasteiger partial charge is 0.465 e. The second kappa shape index (κ2) is 10.1. The molecule has 0 saturated carbocycles. The van der Waals surface area contributed by atoms with Gasteiger partial charge >= 0.3 is 11.9 Å². The minimum Gasteiger partial charge on any atom is -0.465 e. The molecule has 2 aromatic heterocycles. The first-order valence-corrected chi connectivity index (χ1v) is 13.9. The van der Waals surface area contributed by atoms with Gasteiger partial charge in [-0.1, -0.05) is 11.6 Å². The van der Waals surface area contributed by atoms with E-state index in [4.69, 9.17) is 21.1 Å². The maximum atomic E-state index is 12.4. The van der Waals surface area contributed by atoms with Crippen LogP contribution in [0.1, 0.15) is 50.9 Å². The Kier molecular flexibility index (Phi) is 7.34. The number of nitrogens with zero attached hydrogens (tertiary/aromatic N) is 2. The summed E-state index contributed by atoms with van der Waals surface area (Å²) in [6, 6.07) is -0.350. The number of methoxy groups -OCH3 is 1. The first-order valence-electron chi connectivity index (χ1n) is 10.9. The highest BCUT2D eigenvalue weighted by molar-refractivity contribution is 7.91. The van der Waals surface area contributed by atoms with Crippen molar-refractivity contribution in [3.05, 3.63) is 38.5 Å². The van der Waals surface area contributed by atoms with E-state index < -0.39 is 34.3 Å². The number of halogens is 1. The Morgan fingerprint density at radius 3 is 2.77 bits per heavy atom. The minimum absolute atomic E-state index is 0.0287. The highest BCUT2D eigenvalue weighted by Crippen LogP contribution is 2.39. The van der Waals surface area contributed by atoms with Crippen molar-refractivity contribution in [2.45, 2.75) is 38.6 Å². The predicted molar refractivity (Wildman–Crippen MR) is 131 cm³/mol. The molecule has 2 aromatic rings. The van der Waals surface area contributed by atoms with E-state index in [1.54, 1.807) is 6.92 Å². The molecule has 0 spiro atoms. The Labute approximate surface area is 211 Å². The molecule has 1 fully saturated rings. The summed E-state index contributed by atoms with van der Waals surface area (Å²) in [6.07, 6.45) is 5.51. The van der Waals surface area contributed by atoms with Gasteiger partial charge in [-0.3, -0.25) is 4.79 Å². The molecule has 1 aliphatic heterocycles. The molecular formula is C22H24ClN3O7S2. The van der Waals surface area contributed by atoms with Gasteiger partial charge in [0.05, 0.1) is 35.9 Å². The number of hydrogen-bond acceptors (Lipinski definition) is 9. The lowest BCUT2D eigenvalue weighted by atomic mass is 10.1. The number of sulfone groups is 1. The fourth-order valence-corrected chi connectivity index (χ4v) is 7.60. The van der Waals surface area contributed by atoms with E-state index in [1.807, 2.05) is 0 Å². The van der Waals surface area contributed by atoms with Crippen molar-refractivity contribution in [1.29, 1.82) is 0 Å². The number of nitrogens with one attached hydrogen (secondary N) is 1. The summed E-state index contributed by atoms with van der Waals surface area (Å²) in [4.78, 5) is 37.8. The van der Waals surface area contributed by atoms with Crippen LogP contribution in [0.2, 0.25) is 5.15 Å². The molecule has 35 heavy (non-hydrogen) atoms. The molecule has 1 saturated heterocycles. The number of thiophene rings is 1. The third-order valence-electron chi connectivity index (χ3n) is 5.92. The normalized spacial score (nSPS) is 18.5. The molecular weight excluding hydrogens is 518 g/mol. The number of carbonyl (C=O) groups is 3. The molecule has 2 aliphatic rings. The van der Waals surface area contributed by atoms with Gasteiger partial charge in [0, 0.05) is 16.5 Å². The number of aryl methyl sites for hydroxylation is 2. The van der Waals surface area contributed by atoms with Crippen LogP contribution >= 0.6 is 22.9 Å². The molecule has 188 valence electrons. The molecule has 3 heterocycles. The van der Waals surface area contributed by atoms with Gasteiger partial charge < -0.3 is 14.8 Å². The Balaban J connectivity index is 1.36. The van der Waals surface area contributed by atoms with Gasteiger partial charge in [-0.15, -0.1) is 11.3 Å². The van der Waals surface area contributed by atoms with Gasteiger partial charge in [0.2, 0.25) is 0 Å². The molecule has 1 N–H and O–H groups in total. The lowest BCUT2D eigenvalue weighted by Gasteiger charge is -2.09. The summed E-state index contributed by atoms with van der Waals surface area (Å²) in [5.74, 6) is -1.81. The second-order valence-electron chi connectivity index (χ2n) is 8.33. The molecule has 0 unspecified atom stereocenters. The highest BCUT2D eigenvalue weighted by atomic mass is 35.5. The van der Waals surface area contributed by atoms with Crippen LogP contribution in [0.25, 0.3) is 6.08 Å². The van der Waals surface area contributed by atoms with Crippen molar-refractivity contribution < 1.29 is 32.3 Å². The van der Waals surface area contributed by atoms with Gasteiger partial charge in [-0.2, -0.15) is 5.10 Å². The summed E-state index contributed by atoms with van der Waals surface area (Å²) >= 11 is 7.72. The van der Waals surface area contributed by atoms with Crippen molar-refractivity contribution in [1.82, 2.24) is 9.78 Å². The highest BCUT2D eigenvalue weighted by Gasteiger charge is 2.32. The van der Waals surface area contributed by atoms with Crippen LogP contribution in [-0.2, 0) is 41.7 Å². The van der Waals surface area contributed by atoms with E-state index in [9.17, 15) is 22.8 Å². The van der Waals surface area contributed by atoms with Gasteiger partial charge in [0.1, 0.15) is 10.2 Å². The quantitative estimate of drug-likeness (QED) is 0.418. The summed E-state index contributed by atoms with van der Waals surface area (Å²) in [5.41, 5.74) is 2.26. The number of hydrogen-bond donors (Lipinski definition) is 1. The third-order valence-corrected chi connectivity index (χ3v) is 9.25. The van der Waals surface area contributed by atoms with Gasteiger partial charge in [-0.25, -0.2) is 22.7 Å². The number of rotatable bonds is 7. The van der Waals surface area contributed by atoms with E-state index in [-0.39, 0.29) is 22.7 Å². The number of anilines is 1. The Hall–Kier alpha value is -2.70. The Morgan fingerprint density at radius 2 is 2.09 bits per heavy atom. The van der Waals surface area contributed by atoms with Crippen LogP contribution in [0.4, 0.5) is 5.00 Å². The summed E-state index contributed by atoms with van der Waals surface area (Å²) in [5, 5.41) is 7.58. The molecule has 0 bridgehead atoms. The van der Waals surface area contributed by atoms with E-state index in [1.165, 1.54) is 29.2 Å². The van der Waals surface area contributed by atoms with E-state index in [2.05, 4.69) is 10.4 Å². The van der Waals surface area contributed by atoms with Crippen molar-refractivity contribution >= 4 is 61.7 Å². The third kappa shape index (κ3) is 5.44. The van der Waals surface area contributed by atoms with Crippen LogP contribution in [0, 0.1) is 6.92 Å². The summed E-state index contributed by atoms with van der Waals surface area (Å²) in [6.45, 7) is 1.15. The fraction of sp³-hybridized carbons (Fsp3) is 0.455. The van der Waals surface area contributed by atoms with E-state index in [0.29, 0.717) is 28.2 Å². The molecule has 10 nitrogen and oxygen atoms in total. The SMILES string of the molecule is COC(=O)c1c(NC(=O)COC(=O)/C=C/c2c(C)nn([C@@H]3CCS(=O)(=O)C3)c2Cl)sc2c1CCC2. The van der Waals surface area contributed by atoms with Crippen LogP contribution in [0.5, 0.6) is 0 Å². The Bertz CT molecular complexity index is 1330. The van der Waals surface area contributed by atoms with E-state index >= 15 is 0 Å². The zero-order valence-corrected chi connectivity index (χ0v) is 21.5. The van der Waals surface area contributed by atoms with Crippen molar-refractivity contribution in [3.63, 3.8) is 0 Å². The molecule has 13 heteroatoms. The van der Waals surface area contributed by atoms with E-state index in [0.717, 1.165) is 35.8 Å². The number of amides is 1. The summed E-state index contributed by atoms with van der Waals surface area (Å²) in [7, 11) is -1.82. The van der Waals surface area contributed by atoms with Gasteiger partial charge in [0.25, 0.3) is 5.91 Å². The van der Waals surface area contributed by atoms with Crippen LogP contribution in [0.3, 0.4) is 0 Å². The summed E-state index contributed by atoms with van der Waals surface area (Å²) < 4.78 is 34.9. The molecule has 0 aromatic carbocycles. The Morgan fingerprint density at radius 1 is 1.31 bits per heavy atom. The molecule has 1 aliphatic carbocycles. The topological polar surface area (TPSA) is 134 Å². The van der Waals surface area contributed by atoms with Gasteiger partial charge in [-0.05, 0) is 44.2 Å². The zero-order chi connectivity index (χ0) is 25.3. The lowest BCUT2D eigenvalue weighted by Crippen LogP contribution is -2.21. The number of ether oxygens (including phenoxy) is 2. The fourth-order valence-electron chi connectivity index (χ4n) is 4.24. The maximum absolute atomic E-state index is 12.4. The average molecular weight is 542 g/mol.